The molecule has 4 rings (SSSR count). The Morgan fingerprint density at radius 1 is 1.31 bits per heavy atom. The van der Waals surface area contributed by atoms with Gasteiger partial charge in [-0.05, 0) is 38.5 Å². The molecular formula is C20H26O6. The molecule has 2 aliphatic heterocycles. The van der Waals surface area contributed by atoms with E-state index in [0.717, 1.165) is 12.0 Å². The molecule has 0 aromatic rings. The van der Waals surface area contributed by atoms with Crippen molar-refractivity contribution in [1.29, 1.82) is 0 Å². The summed E-state index contributed by atoms with van der Waals surface area (Å²) in [5.41, 5.74) is 0.918. The fourth-order valence-electron chi connectivity index (χ4n) is 5.37. The topological polar surface area (TPSA) is 78.9 Å². The van der Waals surface area contributed by atoms with Gasteiger partial charge in [0.15, 0.2) is 0 Å². The maximum Gasteiger partial charge on any atom is 0.334 e. The molecule has 0 aromatic carbocycles. The van der Waals surface area contributed by atoms with E-state index >= 15 is 0 Å². The van der Waals surface area contributed by atoms with Gasteiger partial charge in [0.1, 0.15) is 24.2 Å². The summed E-state index contributed by atoms with van der Waals surface area (Å²) in [6.07, 6.45) is 1.70. The summed E-state index contributed by atoms with van der Waals surface area (Å²) in [6.45, 7) is 7.58. The van der Waals surface area contributed by atoms with E-state index in [1.807, 2.05) is 13.8 Å². The van der Waals surface area contributed by atoms with Gasteiger partial charge in [-0.3, -0.25) is 9.59 Å². The zero-order valence-corrected chi connectivity index (χ0v) is 15.7. The van der Waals surface area contributed by atoms with E-state index in [-0.39, 0.29) is 35.8 Å². The highest BCUT2D eigenvalue weighted by Crippen LogP contribution is 2.61. The van der Waals surface area contributed by atoms with Gasteiger partial charge in [-0.1, -0.05) is 20.8 Å². The number of fused-ring (bicyclic) bond motifs is 2. The Morgan fingerprint density at radius 2 is 2.04 bits per heavy atom. The second-order valence-electron chi connectivity index (χ2n) is 8.43. The normalized spacial score (nSPS) is 41.9. The molecule has 0 bridgehead atoms. The predicted octanol–water partition coefficient (Wildman–Crippen LogP) is 2.55. The molecule has 2 aliphatic carbocycles. The molecule has 0 spiro atoms. The number of hydrogen-bond donors (Lipinski definition) is 0. The van der Waals surface area contributed by atoms with Crippen LogP contribution in [0, 0.1) is 23.2 Å². The summed E-state index contributed by atoms with van der Waals surface area (Å²) in [7, 11) is 0. The molecule has 0 aromatic heterocycles. The molecule has 26 heavy (non-hydrogen) atoms. The standard InChI is InChI=1S/C20H26O6/c1-5-9(2)17(21)24-12-7-6-11-8-13-14(10(3)18(22)25-13)16-20(11,4)15(12)19(23)26-16/h9,11-13,15-16H,5-8H2,1-4H3/t9-,11-,12+,13+,15-,16+,20+/m1/s1. The lowest BCUT2D eigenvalue weighted by atomic mass is 9.53. The number of esters is 3. The van der Waals surface area contributed by atoms with Gasteiger partial charge < -0.3 is 14.2 Å². The summed E-state index contributed by atoms with van der Waals surface area (Å²) in [4.78, 5) is 37.2. The van der Waals surface area contributed by atoms with Crippen LogP contribution in [0.2, 0.25) is 0 Å². The van der Waals surface area contributed by atoms with Crippen LogP contribution in [0.5, 0.6) is 0 Å². The highest BCUT2D eigenvalue weighted by molar-refractivity contribution is 5.92. The summed E-state index contributed by atoms with van der Waals surface area (Å²) in [5, 5.41) is 0. The fraction of sp³-hybridized carbons (Fsp3) is 0.750. The molecule has 1 saturated heterocycles. The quantitative estimate of drug-likeness (QED) is 0.567. The van der Waals surface area contributed by atoms with Gasteiger partial charge in [0.05, 0.1) is 5.92 Å². The molecule has 142 valence electrons. The third kappa shape index (κ3) is 2.20. The van der Waals surface area contributed by atoms with Crippen molar-refractivity contribution < 1.29 is 28.6 Å². The third-order valence-corrected chi connectivity index (χ3v) is 7.17. The van der Waals surface area contributed by atoms with Crippen LogP contribution in [0.3, 0.4) is 0 Å². The number of ether oxygens (including phenoxy) is 3. The molecule has 2 heterocycles. The van der Waals surface area contributed by atoms with Crippen LogP contribution >= 0.6 is 0 Å². The minimum absolute atomic E-state index is 0.185. The second-order valence-corrected chi connectivity index (χ2v) is 8.43. The van der Waals surface area contributed by atoms with Crippen LogP contribution in [-0.2, 0) is 28.6 Å². The van der Waals surface area contributed by atoms with E-state index in [4.69, 9.17) is 14.2 Å². The van der Waals surface area contributed by atoms with Gasteiger partial charge >= 0.3 is 17.9 Å². The SMILES string of the molecule is CC[C@@H](C)C(=O)O[C@H]1CC[C@@H]2C[C@@H]3OC(=O)C(C)=C3[C@@H]3OC(=O)[C@@H]1[C@]23C. The zero-order valence-electron chi connectivity index (χ0n) is 15.7. The fourth-order valence-corrected chi connectivity index (χ4v) is 5.37. The maximum atomic E-state index is 12.8. The van der Waals surface area contributed by atoms with E-state index in [2.05, 4.69) is 6.92 Å². The van der Waals surface area contributed by atoms with Gasteiger partial charge in [-0.25, -0.2) is 4.79 Å². The van der Waals surface area contributed by atoms with Crippen LogP contribution in [0.1, 0.15) is 53.4 Å². The Bertz CT molecular complexity index is 709. The summed E-state index contributed by atoms with van der Waals surface area (Å²) in [5.74, 6) is -1.34. The number of hydrogen-bond acceptors (Lipinski definition) is 6. The zero-order chi connectivity index (χ0) is 18.8. The lowest BCUT2D eigenvalue weighted by Crippen LogP contribution is -2.55. The lowest BCUT2D eigenvalue weighted by molar-refractivity contribution is -0.168. The first-order valence-electron chi connectivity index (χ1n) is 9.61. The van der Waals surface area contributed by atoms with Gasteiger partial charge in [0, 0.05) is 16.6 Å². The van der Waals surface area contributed by atoms with E-state index in [9.17, 15) is 14.4 Å². The van der Waals surface area contributed by atoms with Crippen LogP contribution in [0.15, 0.2) is 11.1 Å². The molecule has 3 fully saturated rings. The number of carbonyl (C=O) groups is 3. The van der Waals surface area contributed by atoms with Crippen LogP contribution in [0.4, 0.5) is 0 Å². The molecule has 2 saturated carbocycles. The van der Waals surface area contributed by atoms with Crippen molar-refractivity contribution >= 4 is 17.9 Å². The van der Waals surface area contributed by atoms with Crippen molar-refractivity contribution in [2.24, 2.45) is 23.2 Å². The van der Waals surface area contributed by atoms with Crippen molar-refractivity contribution in [3.63, 3.8) is 0 Å². The van der Waals surface area contributed by atoms with Gasteiger partial charge in [-0.2, -0.15) is 0 Å². The van der Waals surface area contributed by atoms with Gasteiger partial charge in [0.2, 0.25) is 0 Å². The van der Waals surface area contributed by atoms with Crippen LogP contribution < -0.4 is 0 Å². The monoisotopic (exact) mass is 362 g/mol. The third-order valence-electron chi connectivity index (χ3n) is 7.17. The largest absolute Gasteiger partial charge is 0.461 e. The molecule has 0 amide bonds. The number of rotatable bonds is 3. The maximum absolute atomic E-state index is 12.8. The Kier molecular flexibility index (Phi) is 3.93. The molecule has 0 N–H and O–H groups in total. The highest BCUT2D eigenvalue weighted by atomic mass is 16.6. The van der Waals surface area contributed by atoms with E-state index in [1.54, 1.807) is 6.92 Å². The van der Waals surface area contributed by atoms with Crippen molar-refractivity contribution in [1.82, 2.24) is 0 Å². The van der Waals surface area contributed by atoms with Crippen molar-refractivity contribution in [3.8, 4) is 0 Å². The lowest BCUT2D eigenvalue weighted by Gasteiger charge is -2.50. The Morgan fingerprint density at radius 3 is 2.73 bits per heavy atom. The minimum atomic E-state index is -0.476. The Hall–Kier alpha value is -1.85. The van der Waals surface area contributed by atoms with E-state index < -0.39 is 23.5 Å². The predicted molar refractivity (Wildman–Crippen MR) is 90.7 cm³/mol. The van der Waals surface area contributed by atoms with Crippen molar-refractivity contribution in [2.45, 2.75) is 71.7 Å². The number of carbonyl (C=O) groups excluding carboxylic acids is 3. The highest BCUT2D eigenvalue weighted by Gasteiger charge is 2.68. The van der Waals surface area contributed by atoms with E-state index in [1.165, 1.54) is 0 Å². The van der Waals surface area contributed by atoms with Gasteiger partial charge in [0.25, 0.3) is 0 Å². The average molecular weight is 362 g/mol. The summed E-state index contributed by atoms with van der Waals surface area (Å²) in [6, 6.07) is 0. The first-order valence-corrected chi connectivity index (χ1v) is 9.61. The van der Waals surface area contributed by atoms with Crippen molar-refractivity contribution in [2.75, 3.05) is 0 Å². The Labute approximate surface area is 153 Å². The summed E-state index contributed by atoms with van der Waals surface area (Å²) < 4.78 is 17.1. The van der Waals surface area contributed by atoms with Crippen molar-refractivity contribution in [3.05, 3.63) is 11.1 Å². The Balaban J connectivity index is 1.68. The molecular weight excluding hydrogens is 336 g/mol. The van der Waals surface area contributed by atoms with Gasteiger partial charge in [-0.15, -0.1) is 0 Å². The molecule has 7 atom stereocenters. The second kappa shape index (κ2) is 5.83. The smallest absolute Gasteiger partial charge is 0.334 e. The van der Waals surface area contributed by atoms with Crippen LogP contribution in [0.25, 0.3) is 0 Å². The molecule has 4 aliphatic rings. The van der Waals surface area contributed by atoms with E-state index in [0.29, 0.717) is 24.8 Å². The van der Waals surface area contributed by atoms with Crippen LogP contribution in [-0.4, -0.2) is 36.2 Å². The molecule has 0 unspecified atom stereocenters. The summed E-state index contributed by atoms with van der Waals surface area (Å²) >= 11 is 0. The first-order chi connectivity index (χ1) is 12.3. The molecule has 6 nitrogen and oxygen atoms in total. The molecule has 6 heteroatoms. The average Bonchev–Trinajstić information content (AvgIpc) is 3.03. The first kappa shape index (κ1) is 17.6. The minimum Gasteiger partial charge on any atom is -0.461 e. The molecule has 0 radical (unpaired) electrons.